The summed E-state index contributed by atoms with van der Waals surface area (Å²) < 4.78 is 6.26. The average Bonchev–Trinajstić information content (AvgIpc) is 2.34. The van der Waals surface area contributed by atoms with Crippen LogP contribution in [0.5, 0.6) is 5.75 Å². The first-order chi connectivity index (χ1) is 8.61. The number of aliphatic hydroxyl groups excluding tert-OH is 1. The zero-order valence-corrected chi connectivity index (χ0v) is 11.9. The van der Waals surface area contributed by atoms with Crippen LogP contribution in [0.4, 0.5) is 0 Å². The molecule has 0 bridgehead atoms. The Hall–Kier alpha value is -0.380. The molecule has 4 heteroatoms. The Kier molecular flexibility index (Phi) is 3.25. The van der Waals surface area contributed by atoms with Gasteiger partial charge in [-0.3, -0.25) is 0 Å². The van der Waals surface area contributed by atoms with Crippen LogP contribution < -0.4 is 4.74 Å². The lowest BCUT2D eigenvalue weighted by molar-refractivity contribution is -0.0211. The Morgan fingerprint density at radius 1 is 1.50 bits per heavy atom. The molecule has 1 aromatic rings. The van der Waals surface area contributed by atoms with Gasteiger partial charge in [-0.15, -0.1) is 0 Å². The molecule has 0 aromatic heterocycles. The summed E-state index contributed by atoms with van der Waals surface area (Å²) >= 11 is 7.92. The molecule has 2 nitrogen and oxygen atoms in total. The summed E-state index contributed by atoms with van der Waals surface area (Å²) in [7, 11) is 0. The topological polar surface area (TPSA) is 29.5 Å². The van der Waals surface area contributed by atoms with Crippen molar-refractivity contribution < 1.29 is 9.84 Å². The van der Waals surface area contributed by atoms with E-state index in [0.29, 0.717) is 16.7 Å². The molecule has 3 rings (SSSR count). The SMILES string of the molecule is CC1SCCCC12CC(O)c1cc(Cl)ccc1O2. The summed E-state index contributed by atoms with van der Waals surface area (Å²) in [4.78, 5) is 0. The normalized spacial score (nSPS) is 35.1. The van der Waals surface area contributed by atoms with Crippen molar-refractivity contribution in [3.05, 3.63) is 28.8 Å². The van der Waals surface area contributed by atoms with Gasteiger partial charge in [0, 0.05) is 22.3 Å². The molecule has 0 saturated carbocycles. The van der Waals surface area contributed by atoms with Gasteiger partial charge in [0.2, 0.25) is 0 Å². The lowest BCUT2D eigenvalue weighted by Gasteiger charge is -2.46. The van der Waals surface area contributed by atoms with Gasteiger partial charge in [0.25, 0.3) is 0 Å². The van der Waals surface area contributed by atoms with Crippen LogP contribution in [0.15, 0.2) is 18.2 Å². The van der Waals surface area contributed by atoms with Crippen molar-refractivity contribution >= 4 is 23.4 Å². The fourth-order valence-corrected chi connectivity index (χ4v) is 4.37. The quantitative estimate of drug-likeness (QED) is 0.785. The van der Waals surface area contributed by atoms with E-state index in [1.165, 1.54) is 5.75 Å². The zero-order valence-electron chi connectivity index (χ0n) is 10.4. The van der Waals surface area contributed by atoms with Crippen molar-refractivity contribution in [1.82, 2.24) is 0 Å². The summed E-state index contributed by atoms with van der Waals surface area (Å²) in [5.74, 6) is 1.99. The van der Waals surface area contributed by atoms with Crippen molar-refractivity contribution in [2.75, 3.05) is 5.75 Å². The van der Waals surface area contributed by atoms with E-state index in [4.69, 9.17) is 16.3 Å². The van der Waals surface area contributed by atoms with Crippen LogP contribution in [0.3, 0.4) is 0 Å². The average molecular weight is 285 g/mol. The molecule has 3 atom stereocenters. The van der Waals surface area contributed by atoms with E-state index in [1.807, 2.05) is 30.0 Å². The van der Waals surface area contributed by atoms with E-state index in [0.717, 1.165) is 24.2 Å². The standard InChI is InChI=1S/C14H17ClO2S/c1-9-14(5-2-6-18-9)8-12(16)11-7-10(15)3-4-13(11)17-14/h3-4,7,9,12,16H,2,5-6,8H2,1H3. The second-order valence-corrected chi connectivity index (χ2v) is 7.07. The van der Waals surface area contributed by atoms with Crippen LogP contribution >= 0.6 is 23.4 Å². The van der Waals surface area contributed by atoms with Crippen LogP contribution in [0.1, 0.15) is 37.9 Å². The van der Waals surface area contributed by atoms with Crippen LogP contribution in [0.2, 0.25) is 5.02 Å². The molecule has 2 aliphatic heterocycles. The fraction of sp³-hybridized carbons (Fsp3) is 0.571. The minimum absolute atomic E-state index is 0.205. The maximum absolute atomic E-state index is 10.4. The molecule has 1 aromatic carbocycles. The van der Waals surface area contributed by atoms with Gasteiger partial charge in [0.15, 0.2) is 0 Å². The number of aliphatic hydroxyl groups is 1. The van der Waals surface area contributed by atoms with Crippen molar-refractivity contribution in [2.24, 2.45) is 0 Å². The summed E-state index contributed by atoms with van der Waals surface area (Å²) in [6.45, 7) is 2.21. The van der Waals surface area contributed by atoms with Crippen molar-refractivity contribution in [3.8, 4) is 5.75 Å². The molecule has 2 heterocycles. The molecule has 3 unspecified atom stereocenters. The maximum Gasteiger partial charge on any atom is 0.126 e. The number of fused-ring (bicyclic) bond motifs is 1. The van der Waals surface area contributed by atoms with Gasteiger partial charge in [-0.1, -0.05) is 11.6 Å². The number of hydrogen-bond donors (Lipinski definition) is 1. The Morgan fingerprint density at radius 3 is 3.11 bits per heavy atom. The zero-order chi connectivity index (χ0) is 12.8. The lowest BCUT2D eigenvalue weighted by Crippen LogP contribution is -2.50. The first-order valence-corrected chi connectivity index (χ1v) is 7.81. The van der Waals surface area contributed by atoms with Crippen molar-refractivity contribution in [2.45, 2.75) is 43.1 Å². The minimum Gasteiger partial charge on any atom is -0.486 e. The highest BCUT2D eigenvalue weighted by molar-refractivity contribution is 8.00. The first-order valence-electron chi connectivity index (χ1n) is 6.39. The Morgan fingerprint density at radius 2 is 2.33 bits per heavy atom. The third kappa shape index (κ3) is 2.02. The van der Waals surface area contributed by atoms with E-state index in [2.05, 4.69) is 6.92 Å². The summed E-state index contributed by atoms with van der Waals surface area (Å²) in [5, 5.41) is 11.4. The first kappa shape index (κ1) is 12.6. The number of rotatable bonds is 0. The van der Waals surface area contributed by atoms with Crippen molar-refractivity contribution in [1.29, 1.82) is 0 Å². The monoisotopic (exact) mass is 284 g/mol. The molecule has 0 aliphatic carbocycles. The smallest absolute Gasteiger partial charge is 0.126 e. The molecule has 1 saturated heterocycles. The largest absolute Gasteiger partial charge is 0.486 e. The molecule has 1 N–H and O–H groups in total. The molecule has 1 fully saturated rings. The highest BCUT2D eigenvalue weighted by Crippen LogP contribution is 2.48. The third-order valence-corrected chi connectivity index (χ3v) is 5.72. The number of benzene rings is 1. The summed E-state index contributed by atoms with van der Waals surface area (Å²) in [6.07, 6.45) is 2.40. The third-order valence-electron chi connectivity index (χ3n) is 4.04. The van der Waals surface area contributed by atoms with Crippen LogP contribution in [-0.2, 0) is 0 Å². The highest BCUT2D eigenvalue weighted by atomic mass is 35.5. The van der Waals surface area contributed by atoms with Crippen LogP contribution in [0, 0.1) is 0 Å². The second kappa shape index (κ2) is 4.62. The number of hydrogen-bond acceptors (Lipinski definition) is 3. The molecule has 18 heavy (non-hydrogen) atoms. The van der Waals surface area contributed by atoms with E-state index < -0.39 is 6.10 Å². The highest BCUT2D eigenvalue weighted by Gasteiger charge is 2.46. The van der Waals surface area contributed by atoms with E-state index in [1.54, 1.807) is 0 Å². The van der Waals surface area contributed by atoms with E-state index in [9.17, 15) is 5.11 Å². The number of thioether (sulfide) groups is 1. The predicted octanol–water partition coefficient (Wildman–Crippen LogP) is 3.81. The van der Waals surface area contributed by atoms with Gasteiger partial charge in [0.05, 0.1) is 6.10 Å². The molecule has 0 amide bonds. The van der Waals surface area contributed by atoms with Crippen LogP contribution in [0.25, 0.3) is 0 Å². The fourth-order valence-electron chi connectivity index (χ4n) is 2.96. The van der Waals surface area contributed by atoms with Gasteiger partial charge >= 0.3 is 0 Å². The second-order valence-electron chi connectivity index (χ2n) is 5.19. The Bertz CT molecular complexity index is 465. The maximum atomic E-state index is 10.4. The number of ether oxygens (including phenoxy) is 1. The Labute approximate surface area is 117 Å². The molecular weight excluding hydrogens is 268 g/mol. The van der Waals surface area contributed by atoms with Gasteiger partial charge in [-0.05, 0) is 43.7 Å². The summed E-state index contributed by atoms with van der Waals surface area (Å²) in [6, 6.07) is 5.52. The molecule has 0 radical (unpaired) electrons. The molecular formula is C14H17ClO2S. The minimum atomic E-state index is -0.464. The number of halogens is 1. The van der Waals surface area contributed by atoms with E-state index >= 15 is 0 Å². The van der Waals surface area contributed by atoms with Gasteiger partial charge in [-0.2, -0.15) is 11.8 Å². The predicted molar refractivity (Wildman–Crippen MR) is 75.5 cm³/mol. The molecule has 1 spiro atoms. The van der Waals surface area contributed by atoms with Crippen molar-refractivity contribution in [3.63, 3.8) is 0 Å². The van der Waals surface area contributed by atoms with Gasteiger partial charge < -0.3 is 9.84 Å². The molecule has 2 aliphatic rings. The van der Waals surface area contributed by atoms with E-state index in [-0.39, 0.29) is 5.60 Å². The Balaban J connectivity index is 1.98. The lowest BCUT2D eigenvalue weighted by atomic mass is 9.83. The van der Waals surface area contributed by atoms with Crippen LogP contribution in [-0.4, -0.2) is 21.7 Å². The van der Waals surface area contributed by atoms with Gasteiger partial charge in [0.1, 0.15) is 11.4 Å². The van der Waals surface area contributed by atoms with Gasteiger partial charge in [-0.25, -0.2) is 0 Å². The summed E-state index contributed by atoms with van der Waals surface area (Å²) in [5.41, 5.74) is 0.624. The molecule has 98 valence electrons.